The zero-order valence-electron chi connectivity index (χ0n) is 15.7. The summed E-state index contributed by atoms with van der Waals surface area (Å²) in [5.41, 5.74) is 1.44. The van der Waals surface area contributed by atoms with Gasteiger partial charge in [0.1, 0.15) is 23.5 Å². The molecule has 0 amide bonds. The van der Waals surface area contributed by atoms with Crippen molar-refractivity contribution in [3.8, 4) is 17.5 Å². The quantitative estimate of drug-likeness (QED) is 0.614. The molecule has 2 aromatic carbocycles. The summed E-state index contributed by atoms with van der Waals surface area (Å²) in [6.07, 6.45) is -2.90. The Bertz CT molecular complexity index is 1180. The van der Waals surface area contributed by atoms with E-state index in [0.29, 0.717) is 23.7 Å². The molecule has 0 bridgehead atoms. The van der Waals surface area contributed by atoms with Crippen LogP contribution in [0.5, 0.6) is 17.5 Å². The van der Waals surface area contributed by atoms with Crippen molar-refractivity contribution in [2.75, 3.05) is 13.7 Å². The molecular weight excluding hydrogens is 421 g/mol. The molecule has 0 N–H and O–H groups in total. The van der Waals surface area contributed by atoms with Crippen molar-refractivity contribution in [3.05, 3.63) is 70.0 Å². The number of fused-ring (bicyclic) bond motifs is 1. The second kappa shape index (κ2) is 7.91. The molecule has 10 heteroatoms. The molecule has 0 saturated heterocycles. The topological polar surface area (TPSA) is 51.9 Å². The third-order valence-electron chi connectivity index (χ3n) is 4.24. The van der Waals surface area contributed by atoms with Gasteiger partial charge in [-0.05, 0) is 29.8 Å². The molecule has 3 aromatic rings. The van der Waals surface area contributed by atoms with Gasteiger partial charge in [0.15, 0.2) is 5.49 Å². The van der Waals surface area contributed by atoms with Gasteiger partial charge in [-0.15, -0.1) is 13.2 Å². The van der Waals surface area contributed by atoms with Gasteiger partial charge >= 0.3 is 12.4 Å². The Morgan fingerprint density at radius 3 is 2.57 bits per heavy atom. The number of hydrogen-bond donors (Lipinski definition) is 0. The maximum Gasteiger partial charge on any atom is 0.573 e. The molecule has 0 aliphatic carbocycles. The van der Waals surface area contributed by atoms with Crippen molar-refractivity contribution in [2.45, 2.75) is 12.9 Å². The fourth-order valence-corrected chi connectivity index (χ4v) is 3.07. The molecule has 1 aliphatic heterocycles. The lowest BCUT2D eigenvalue weighted by atomic mass is 10.2. The average Bonchev–Trinajstić information content (AvgIpc) is 2.99. The molecule has 156 valence electrons. The summed E-state index contributed by atoms with van der Waals surface area (Å²) in [6.45, 7) is 0.854. The lowest BCUT2D eigenvalue weighted by Crippen LogP contribution is -2.38. The Kier molecular flexibility index (Phi) is 5.29. The lowest BCUT2D eigenvalue weighted by molar-refractivity contribution is -0.274. The first-order valence-corrected chi connectivity index (χ1v) is 9.26. The van der Waals surface area contributed by atoms with E-state index in [4.69, 9.17) is 16.3 Å². The normalized spacial score (nSPS) is 13.3. The minimum Gasteiger partial charge on any atom is -0.425 e. The van der Waals surface area contributed by atoms with E-state index in [0.717, 1.165) is 17.0 Å². The summed E-state index contributed by atoms with van der Waals surface area (Å²) in [5, 5.41) is 1.35. The number of rotatable bonds is 5. The van der Waals surface area contributed by atoms with Crippen LogP contribution in [0, 0.1) is 0 Å². The third kappa shape index (κ3) is 4.68. The largest absolute Gasteiger partial charge is 0.573 e. The monoisotopic (exact) mass is 436 g/mol. The second-order valence-electron chi connectivity index (χ2n) is 6.63. The van der Waals surface area contributed by atoms with Crippen LogP contribution in [0.15, 0.2) is 53.5 Å². The number of imidazole rings is 1. The highest BCUT2D eigenvalue weighted by atomic mass is 35.5. The fraction of sp³-hybridized carbons (Fsp3) is 0.200. The van der Waals surface area contributed by atoms with E-state index in [-0.39, 0.29) is 17.5 Å². The van der Waals surface area contributed by atoms with Crippen molar-refractivity contribution in [1.82, 2.24) is 14.5 Å². The predicted molar refractivity (Wildman–Crippen MR) is 104 cm³/mol. The van der Waals surface area contributed by atoms with Crippen LogP contribution in [0.1, 0.15) is 5.56 Å². The van der Waals surface area contributed by atoms with E-state index < -0.39 is 6.36 Å². The summed E-state index contributed by atoms with van der Waals surface area (Å²) < 4.78 is 49.1. The van der Waals surface area contributed by atoms with Crippen LogP contribution in [-0.4, -0.2) is 34.5 Å². The zero-order chi connectivity index (χ0) is 21.3. The summed E-state index contributed by atoms with van der Waals surface area (Å²) in [5.74, 6) is -0.221. The predicted octanol–water partition coefficient (Wildman–Crippen LogP) is 3.54. The fourth-order valence-electron chi connectivity index (χ4n) is 2.95. The van der Waals surface area contributed by atoms with Crippen LogP contribution < -0.4 is 20.3 Å². The number of benzene rings is 2. The summed E-state index contributed by atoms with van der Waals surface area (Å²) in [6, 6.07) is 12.8. The lowest BCUT2D eigenvalue weighted by Gasteiger charge is -2.14. The first kappa shape index (κ1) is 20.1. The van der Waals surface area contributed by atoms with E-state index >= 15 is 0 Å². The second-order valence-corrected chi connectivity index (χ2v) is 7.06. The molecule has 0 saturated carbocycles. The van der Waals surface area contributed by atoms with Crippen LogP contribution >= 0.6 is 11.6 Å². The summed E-state index contributed by atoms with van der Waals surface area (Å²) in [7, 11) is 1.88. The number of ether oxygens (including phenoxy) is 2. The van der Waals surface area contributed by atoms with Gasteiger partial charge in [0.05, 0.1) is 6.54 Å². The minimum atomic E-state index is -4.79. The Labute approximate surface area is 174 Å². The van der Waals surface area contributed by atoms with Crippen molar-refractivity contribution in [2.24, 2.45) is 4.99 Å². The molecule has 1 aromatic heterocycles. The molecule has 30 heavy (non-hydrogen) atoms. The molecule has 4 rings (SSSR count). The molecule has 0 fully saturated rings. The number of alkyl halides is 3. The van der Waals surface area contributed by atoms with Crippen molar-refractivity contribution in [1.29, 1.82) is 0 Å². The van der Waals surface area contributed by atoms with Crippen molar-refractivity contribution >= 4 is 17.8 Å². The molecule has 6 nitrogen and oxygen atoms in total. The van der Waals surface area contributed by atoms with Crippen LogP contribution in [0.2, 0.25) is 5.02 Å². The van der Waals surface area contributed by atoms with E-state index in [2.05, 4.69) is 14.7 Å². The summed E-state index contributed by atoms with van der Waals surface area (Å²) in [4.78, 5) is 10.7. The molecule has 0 spiro atoms. The molecule has 1 aliphatic rings. The molecule has 0 unspecified atom stereocenters. The first-order valence-electron chi connectivity index (χ1n) is 8.88. The third-order valence-corrected chi connectivity index (χ3v) is 4.49. The summed E-state index contributed by atoms with van der Waals surface area (Å²) >= 11 is 5.96. The highest BCUT2D eigenvalue weighted by molar-refractivity contribution is 6.30. The smallest absolute Gasteiger partial charge is 0.425 e. The van der Waals surface area contributed by atoms with Gasteiger partial charge in [-0.25, -0.2) is 4.99 Å². The van der Waals surface area contributed by atoms with E-state index in [1.165, 1.54) is 18.2 Å². The highest BCUT2D eigenvalue weighted by Gasteiger charge is 2.31. The molecule has 0 atom stereocenters. The Balaban J connectivity index is 1.71. The van der Waals surface area contributed by atoms with Crippen molar-refractivity contribution in [3.63, 3.8) is 0 Å². The number of aromatic nitrogens is 2. The Morgan fingerprint density at radius 2 is 1.83 bits per heavy atom. The van der Waals surface area contributed by atoms with Crippen molar-refractivity contribution < 1.29 is 22.6 Å². The standard InChI is InChI=1S/C20H16ClF3N4O2/c1-27-11-17-18(25-12-27)26-19(28(17)10-13-5-7-14(21)8-6-13)29-15-3-2-4-16(9-15)30-20(22,23)24/h2-9,11H,10,12H2,1H3. The van der Waals surface area contributed by atoms with Crippen LogP contribution in [-0.2, 0) is 6.54 Å². The van der Waals surface area contributed by atoms with Crippen LogP contribution in [0.25, 0.3) is 6.20 Å². The molecular formula is C20H16ClF3N4O2. The van der Waals surface area contributed by atoms with Gasteiger partial charge < -0.3 is 14.4 Å². The van der Waals surface area contributed by atoms with E-state index in [1.807, 2.05) is 30.3 Å². The van der Waals surface area contributed by atoms with Crippen LogP contribution in [0.3, 0.4) is 0 Å². The number of nitrogens with zero attached hydrogens (tertiary/aromatic N) is 4. The maximum absolute atomic E-state index is 12.5. The van der Waals surface area contributed by atoms with Gasteiger partial charge in [-0.3, -0.25) is 4.57 Å². The zero-order valence-corrected chi connectivity index (χ0v) is 16.5. The van der Waals surface area contributed by atoms with Gasteiger partial charge in [-0.1, -0.05) is 29.8 Å². The number of hydrogen-bond acceptors (Lipinski definition) is 5. The maximum atomic E-state index is 12.5. The van der Waals surface area contributed by atoms with E-state index in [9.17, 15) is 13.2 Å². The van der Waals surface area contributed by atoms with Crippen LogP contribution in [0.4, 0.5) is 13.2 Å². The van der Waals surface area contributed by atoms with Gasteiger partial charge in [0.25, 0.3) is 0 Å². The number of halogens is 4. The van der Waals surface area contributed by atoms with E-state index in [1.54, 1.807) is 16.7 Å². The Hall–Kier alpha value is -3.20. The highest BCUT2D eigenvalue weighted by Crippen LogP contribution is 2.28. The van der Waals surface area contributed by atoms with Gasteiger partial charge in [-0.2, -0.15) is 4.98 Å². The van der Waals surface area contributed by atoms with Gasteiger partial charge in [0.2, 0.25) is 0 Å². The average molecular weight is 437 g/mol. The Morgan fingerprint density at radius 1 is 1.10 bits per heavy atom. The molecule has 0 radical (unpaired) electrons. The first-order chi connectivity index (χ1) is 14.3. The van der Waals surface area contributed by atoms with Gasteiger partial charge in [0, 0.05) is 24.3 Å². The minimum absolute atomic E-state index is 0.157. The SMILES string of the molecule is CN1C=c2c(nc(Oc3cccc(OC(F)(F)F)c3)n2Cc2ccc(Cl)cc2)=NC1. The molecule has 2 heterocycles.